The molecule has 0 saturated carbocycles. The van der Waals surface area contributed by atoms with E-state index in [9.17, 15) is 30.6 Å². The van der Waals surface area contributed by atoms with Gasteiger partial charge in [-0.1, -0.05) is 0 Å². The lowest BCUT2D eigenvalue weighted by molar-refractivity contribution is -0.376. The highest BCUT2D eigenvalue weighted by Gasteiger charge is 2.49. The Morgan fingerprint density at radius 3 is 1.22 bits per heavy atom. The molecule has 0 aliphatic carbocycles. The van der Waals surface area contributed by atoms with Crippen molar-refractivity contribution in [2.24, 2.45) is 0 Å². The predicted octanol–water partition coefficient (Wildman–Crippen LogP) is -5.40. The van der Waals surface area contributed by atoms with Gasteiger partial charge in [-0.3, -0.25) is 0 Å². The summed E-state index contributed by atoms with van der Waals surface area (Å²) in [4.78, 5) is 0. The van der Waals surface area contributed by atoms with Crippen LogP contribution in [-0.4, -0.2) is 115 Å². The van der Waals surface area contributed by atoms with Gasteiger partial charge in [-0.2, -0.15) is 0 Å². The van der Waals surface area contributed by atoms with Crippen LogP contribution in [0.4, 0.5) is 0 Å². The van der Waals surface area contributed by atoms with E-state index in [0.29, 0.717) is 0 Å². The summed E-state index contributed by atoms with van der Waals surface area (Å²) >= 11 is 0. The Bertz CT molecular complexity index is 344. The van der Waals surface area contributed by atoms with Crippen molar-refractivity contribution in [1.82, 2.24) is 0 Å². The second-order valence-electron chi connectivity index (χ2n) is 5.53. The van der Waals surface area contributed by atoms with Crippen LogP contribution in [0.3, 0.4) is 0 Å². The Hall–Kier alpha value is -0.440. The fourth-order valence-corrected chi connectivity index (χ4v) is 2.49. The Labute approximate surface area is 130 Å². The Kier molecular flexibility index (Phi) is 6.27. The quantitative estimate of drug-likeness (QED) is 0.243. The summed E-state index contributed by atoms with van der Waals surface area (Å²) in [5.41, 5.74) is 0. The molecule has 10 atom stereocenters. The van der Waals surface area contributed by atoms with Crippen LogP contribution in [0, 0.1) is 0 Å². The first-order valence-electron chi connectivity index (χ1n) is 7.08. The maximum absolute atomic E-state index is 9.84. The number of hydrogen-bond donors (Lipinski definition) is 8. The van der Waals surface area contributed by atoms with E-state index in [1.54, 1.807) is 0 Å². The lowest BCUT2D eigenvalue weighted by atomic mass is 9.98. The lowest BCUT2D eigenvalue weighted by Crippen LogP contribution is -2.63. The van der Waals surface area contributed by atoms with Crippen LogP contribution < -0.4 is 0 Å². The number of aliphatic hydroxyl groups excluding tert-OH is 8. The number of rotatable bonds is 4. The Morgan fingerprint density at radius 1 is 0.565 bits per heavy atom. The molecule has 2 fully saturated rings. The highest BCUT2D eigenvalue weighted by atomic mass is 16.8. The molecule has 8 unspecified atom stereocenters. The van der Waals surface area contributed by atoms with E-state index < -0.39 is 74.6 Å². The molecule has 0 radical (unpaired) electrons. The molecular formula is C12H22O11. The number of ether oxygens (including phenoxy) is 3. The van der Waals surface area contributed by atoms with Gasteiger partial charge in [0.1, 0.15) is 48.8 Å². The molecule has 8 N–H and O–H groups in total. The monoisotopic (exact) mass is 342 g/mol. The molecule has 0 bridgehead atoms. The molecule has 0 aromatic rings. The number of aliphatic hydroxyl groups is 8. The van der Waals surface area contributed by atoms with Gasteiger partial charge in [-0.15, -0.1) is 0 Å². The standard InChI is InChI=1S/C12H22O11/c13-1-3-5(15)7(17)9(19)11(21-3)23-12-10(20)8(18)6(16)4(2-14)22-12/h3-20H,1-2H2/t3-,4?,5?,6?,7?,8?,9?,10?,11+,12?/m0/s1. The molecule has 2 aliphatic rings. The van der Waals surface area contributed by atoms with Crippen molar-refractivity contribution < 1.29 is 55.1 Å². The zero-order valence-corrected chi connectivity index (χ0v) is 12.0. The number of hydrogen-bond acceptors (Lipinski definition) is 11. The summed E-state index contributed by atoms with van der Waals surface area (Å²) in [6.07, 6.45) is -15.6. The van der Waals surface area contributed by atoms with E-state index in [0.717, 1.165) is 0 Å². The molecule has 2 rings (SSSR count). The summed E-state index contributed by atoms with van der Waals surface area (Å²) in [6, 6.07) is 0. The molecule has 2 saturated heterocycles. The van der Waals surface area contributed by atoms with E-state index in [-0.39, 0.29) is 0 Å². The zero-order chi connectivity index (χ0) is 17.3. The van der Waals surface area contributed by atoms with Crippen molar-refractivity contribution >= 4 is 0 Å². The molecule has 0 spiro atoms. The molecular weight excluding hydrogens is 320 g/mol. The van der Waals surface area contributed by atoms with Crippen molar-refractivity contribution in [3.8, 4) is 0 Å². The van der Waals surface area contributed by atoms with Crippen molar-refractivity contribution in [1.29, 1.82) is 0 Å². The molecule has 2 aliphatic heterocycles. The molecule has 11 nitrogen and oxygen atoms in total. The highest BCUT2D eigenvalue weighted by molar-refractivity contribution is 4.92. The van der Waals surface area contributed by atoms with Crippen LogP contribution in [0.5, 0.6) is 0 Å². The van der Waals surface area contributed by atoms with Gasteiger partial charge < -0.3 is 55.1 Å². The predicted molar refractivity (Wildman–Crippen MR) is 68.6 cm³/mol. The van der Waals surface area contributed by atoms with E-state index >= 15 is 0 Å². The van der Waals surface area contributed by atoms with Crippen molar-refractivity contribution in [2.45, 2.75) is 61.4 Å². The molecule has 0 aromatic carbocycles. The second-order valence-corrected chi connectivity index (χ2v) is 5.53. The summed E-state index contributed by atoms with van der Waals surface area (Å²) in [5.74, 6) is 0. The SMILES string of the molecule is OCC1OC(O[C@H]2O[C@@H](CO)C(O)C(O)C2O)C(O)C(O)C1O. The van der Waals surface area contributed by atoms with Crippen LogP contribution in [0.25, 0.3) is 0 Å². The van der Waals surface area contributed by atoms with Crippen molar-refractivity contribution in [3.63, 3.8) is 0 Å². The van der Waals surface area contributed by atoms with Crippen molar-refractivity contribution in [3.05, 3.63) is 0 Å². The summed E-state index contributed by atoms with van der Waals surface area (Å²) < 4.78 is 15.3. The summed E-state index contributed by atoms with van der Waals surface area (Å²) in [7, 11) is 0. The Balaban J connectivity index is 2.07. The van der Waals surface area contributed by atoms with E-state index in [1.807, 2.05) is 0 Å². The molecule has 11 heteroatoms. The first-order chi connectivity index (χ1) is 10.8. The van der Waals surface area contributed by atoms with Gasteiger partial charge in [0.05, 0.1) is 13.2 Å². The van der Waals surface area contributed by atoms with E-state index in [1.165, 1.54) is 0 Å². The maximum Gasteiger partial charge on any atom is 0.189 e. The molecule has 136 valence electrons. The van der Waals surface area contributed by atoms with Gasteiger partial charge in [0.25, 0.3) is 0 Å². The van der Waals surface area contributed by atoms with Gasteiger partial charge >= 0.3 is 0 Å². The van der Waals surface area contributed by atoms with Crippen LogP contribution in [0.2, 0.25) is 0 Å². The third kappa shape index (κ3) is 3.65. The van der Waals surface area contributed by atoms with Crippen LogP contribution in [0.1, 0.15) is 0 Å². The van der Waals surface area contributed by atoms with Gasteiger partial charge in [-0.05, 0) is 0 Å². The van der Waals surface area contributed by atoms with Gasteiger partial charge in [0.15, 0.2) is 12.6 Å². The maximum atomic E-state index is 9.84. The smallest absolute Gasteiger partial charge is 0.189 e. The fraction of sp³-hybridized carbons (Fsp3) is 1.00. The largest absolute Gasteiger partial charge is 0.394 e. The first-order valence-corrected chi connectivity index (χ1v) is 7.08. The average Bonchev–Trinajstić information content (AvgIpc) is 2.55. The second kappa shape index (κ2) is 7.63. The van der Waals surface area contributed by atoms with Crippen LogP contribution >= 0.6 is 0 Å². The van der Waals surface area contributed by atoms with E-state index in [4.69, 9.17) is 24.4 Å². The normalized spacial score (nSPS) is 51.7. The first kappa shape index (κ1) is 18.9. The highest BCUT2D eigenvalue weighted by Crippen LogP contribution is 2.27. The average molecular weight is 342 g/mol. The van der Waals surface area contributed by atoms with Gasteiger partial charge in [-0.25, -0.2) is 0 Å². The van der Waals surface area contributed by atoms with Crippen molar-refractivity contribution in [2.75, 3.05) is 13.2 Å². The Morgan fingerprint density at radius 2 is 0.913 bits per heavy atom. The minimum absolute atomic E-state index is 0.667. The summed E-state index contributed by atoms with van der Waals surface area (Å²) in [5, 5.41) is 76.4. The molecule has 0 amide bonds. The third-order valence-electron chi connectivity index (χ3n) is 3.97. The third-order valence-corrected chi connectivity index (χ3v) is 3.97. The van der Waals surface area contributed by atoms with Gasteiger partial charge in [0.2, 0.25) is 0 Å². The molecule has 2 heterocycles. The lowest BCUT2D eigenvalue weighted by Gasteiger charge is -2.44. The van der Waals surface area contributed by atoms with Gasteiger partial charge in [0, 0.05) is 0 Å². The van der Waals surface area contributed by atoms with E-state index in [2.05, 4.69) is 0 Å². The minimum atomic E-state index is -1.72. The van der Waals surface area contributed by atoms with Crippen LogP contribution in [-0.2, 0) is 14.2 Å². The molecule has 0 aromatic heterocycles. The molecule has 23 heavy (non-hydrogen) atoms. The topological polar surface area (TPSA) is 190 Å². The zero-order valence-electron chi connectivity index (χ0n) is 12.0. The minimum Gasteiger partial charge on any atom is -0.394 e. The summed E-state index contributed by atoms with van der Waals surface area (Å²) in [6.45, 7) is -1.33. The fourth-order valence-electron chi connectivity index (χ4n) is 2.49. The van der Waals surface area contributed by atoms with Crippen LogP contribution in [0.15, 0.2) is 0 Å².